The first-order valence-corrected chi connectivity index (χ1v) is 8.81. The van der Waals surface area contributed by atoms with Gasteiger partial charge in [0.25, 0.3) is 5.91 Å². The number of carbonyl (C=O) groups is 2. The fourth-order valence-corrected chi connectivity index (χ4v) is 3.75. The lowest BCUT2D eigenvalue weighted by Gasteiger charge is -2.36. The molecule has 0 unspecified atom stereocenters. The van der Waals surface area contributed by atoms with Crippen molar-refractivity contribution in [2.24, 2.45) is 0 Å². The van der Waals surface area contributed by atoms with Crippen LogP contribution in [0.1, 0.15) is 19.3 Å². The lowest BCUT2D eigenvalue weighted by atomic mass is 10.2. The number of rotatable bonds is 4. The second-order valence-corrected chi connectivity index (χ2v) is 6.69. The van der Waals surface area contributed by atoms with E-state index < -0.39 is 5.97 Å². The van der Waals surface area contributed by atoms with Gasteiger partial charge in [-0.3, -0.25) is 4.79 Å². The lowest BCUT2D eigenvalue weighted by molar-refractivity contribution is 0.0606. The number of hydrogen-bond acceptors (Lipinski definition) is 6. The molecule has 0 N–H and O–H groups in total. The quantitative estimate of drug-likeness (QED) is 0.784. The zero-order valence-corrected chi connectivity index (χ0v) is 15.0. The van der Waals surface area contributed by atoms with Crippen molar-refractivity contribution in [1.29, 1.82) is 0 Å². The number of thiophene rings is 1. The van der Waals surface area contributed by atoms with Crippen molar-refractivity contribution in [3.8, 4) is 5.75 Å². The number of benzene rings is 1. The normalized spacial score (nSPS) is 14.3. The van der Waals surface area contributed by atoms with Crippen LogP contribution in [0.3, 0.4) is 0 Å². The molecular weight excluding hydrogens is 340 g/mol. The van der Waals surface area contributed by atoms with Crippen LogP contribution in [0.15, 0.2) is 36.4 Å². The molecule has 132 valence electrons. The minimum atomic E-state index is -0.412. The molecule has 1 aliphatic heterocycles. The molecule has 25 heavy (non-hydrogen) atoms. The SMILES string of the molecule is COC(=O)c1ccc(C(=O)N2CCN(c3ccccc3OC)CC2)s1. The predicted octanol–water partition coefficient (Wildman–Crippen LogP) is 2.51. The third-order valence-electron chi connectivity index (χ3n) is 4.20. The molecule has 0 spiro atoms. The molecule has 2 aromatic rings. The minimum Gasteiger partial charge on any atom is -0.495 e. The first-order valence-electron chi connectivity index (χ1n) is 7.99. The minimum absolute atomic E-state index is 0.0418. The monoisotopic (exact) mass is 360 g/mol. The van der Waals surface area contributed by atoms with E-state index in [1.807, 2.05) is 29.2 Å². The summed E-state index contributed by atoms with van der Waals surface area (Å²) in [7, 11) is 2.99. The van der Waals surface area contributed by atoms with Crippen LogP contribution in [-0.4, -0.2) is 57.2 Å². The highest BCUT2D eigenvalue weighted by Crippen LogP contribution is 2.29. The molecule has 0 saturated carbocycles. The molecule has 1 amide bonds. The topological polar surface area (TPSA) is 59.1 Å². The Labute approximate surface area is 150 Å². The molecule has 1 aromatic carbocycles. The van der Waals surface area contributed by atoms with Crippen molar-refractivity contribution < 1.29 is 19.1 Å². The number of piperazine rings is 1. The van der Waals surface area contributed by atoms with E-state index in [2.05, 4.69) is 9.64 Å². The van der Waals surface area contributed by atoms with E-state index in [9.17, 15) is 9.59 Å². The Hall–Kier alpha value is -2.54. The summed E-state index contributed by atoms with van der Waals surface area (Å²) in [5.41, 5.74) is 1.04. The third kappa shape index (κ3) is 3.61. The zero-order chi connectivity index (χ0) is 17.8. The number of nitrogens with zero attached hydrogens (tertiary/aromatic N) is 2. The number of ether oxygens (including phenoxy) is 2. The zero-order valence-electron chi connectivity index (χ0n) is 14.2. The summed E-state index contributed by atoms with van der Waals surface area (Å²) in [5, 5.41) is 0. The highest BCUT2D eigenvalue weighted by molar-refractivity contribution is 7.15. The number of carbonyl (C=O) groups excluding carboxylic acids is 2. The van der Waals surface area contributed by atoms with E-state index in [1.165, 1.54) is 18.4 Å². The number of esters is 1. The molecule has 7 heteroatoms. The Morgan fingerprint density at radius 3 is 2.32 bits per heavy atom. The molecule has 0 radical (unpaired) electrons. The van der Waals surface area contributed by atoms with Crippen LogP contribution in [0.4, 0.5) is 5.69 Å². The lowest BCUT2D eigenvalue weighted by Crippen LogP contribution is -2.48. The number of methoxy groups -OCH3 is 2. The molecule has 0 aliphatic carbocycles. The molecule has 0 bridgehead atoms. The number of hydrogen-bond donors (Lipinski definition) is 0. The average molecular weight is 360 g/mol. The van der Waals surface area contributed by atoms with Crippen molar-refractivity contribution in [3.05, 3.63) is 46.2 Å². The summed E-state index contributed by atoms with van der Waals surface area (Å²) in [6, 6.07) is 11.2. The maximum Gasteiger partial charge on any atom is 0.348 e. The Morgan fingerprint density at radius 2 is 1.64 bits per heavy atom. The molecular formula is C18H20N2O4S. The Kier molecular flexibility index (Phi) is 5.23. The van der Waals surface area contributed by atoms with E-state index in [-0.39, 0.29) is 5.91 Å². The van der Waals surface area contributed by atoms with Crippen molar-refractivity contribution in [2.45, 2.75) is 0 Å². The van der Waals surface area contributed by atoms with Gasteiger partial charge >= 0.3 is 5.97 Å². The first kappa shape index (κ1) is 17.3. The van der Waals surface area contributed by atoms with Gasteiger partial charge in [0.1, 0.15) is 10.6 Å². The van der Waals surface area contributed by atoms with Crippen LogP contribution >= 0.6 is 11.3 Å². The molecule has 2 heterocycles. The molecule has 3 rings (SSSR count). The van der Waals surface area contributed by atoms with Gasteiger partial charge in [-0.25, -0.2) is 4.79 Å². The summed E-state index contributed by atoms with van der Waals surface area (Å²) in [6.07, 6.45) is 0. The first-order chi connectivity index (χ1) is 12.1. The summed E-state index contributed by atoms with van der Waals surface area (Å²) in [5.74, 6) is 0.383. The van der Waals surface area contributed by atoms with Crippen LogP contribution in [0.5, 0.6) is 5.75 Å². The van der Waals surface area contributed by atoms with Crippen molar-refractivity contribution in [2.75, 3.05) is 45.3 Å². The number of anilines is 1. The number of para-hydroxylation sites is 2. The average Bonchev–Trinajstić information content (AvgIpc) is 3.17. The molecule has 1 fully saturated rings. The van der Waals surface area contributed by atoms with Gasteiger partial charge in [-0.15, -0.1) is 11.3 Å². The second kappa shape index (κ2) is 7.57. The Bertz CT molecular complexity index is 766. The van der Waals surface area contributed by atoms with Gasteiger partial charge in [0.15, 0.2) is 0 Å². The predicted molar refractivity (Wildman–Crippen MR) is 96.8 cm³/mol. The molecule has 1 saturated heterocycles. The summed E-state index contributed by atoms with van der Waals surface area (Å²) >= 11 is 1.17. The maximum absolute atomic E-state index is 12.6. The van der Waals surface area contributed by atoms with Crippen LogP contribution in [0.25, 0.3) is 0 Å². The maximum atomic E-state index is 12.6. The van der Waals surface area contributed by atoms with Gasteiger partial charge in [0.05, 0.1) is 24.8 Å². The Morgan fingerprint density at radius 1 is 0.960 bits per heavy atom. The van der Waals surface area contributed by atoms with Crippen LogP contribution in [-0.2, 0) is 4.74 Å². The summed E-state index contributed by atoms with van der Waals surface area (Å²) in [6.45, 7) is 2.73. The van der Waals surface area contributed by atoms with Crippen LogP contribution < -0.4 is 9.64 Å². The molecule has 1 aromatic heterocycles. The fourth-order valence-electron chi connectivity index (χ4n) is 2.86. The van der Waals surface area contributed by atoms with E-state index in [0.29, 0.717) is 22.8 Å². The largest absolute Gasteiger partial charge is 0.495 e. The molecule has 0 atom stereocenters. The van der Waals surface area contributed by atoms with E-state index >= 15 is 0 Å². The van der Waals surface area contributed by atoms with Gasteiger partial charge in [-0.1, -0.05) is 12.1 Å². The summed E-state index contributed by atoms with van der Waals surface area (Å²) < 4.78 is 10.1. The van der Waals surface area contributed by atoms with Gasteiger partial charge in [-0.2, -0.15) is 0 Å². The van der Waals surface area contributed by atoms with Crippen molar-refractivity contribution >= 4 is 28.9 Å². The van der Waals surface area contributed by atoms with Gasteiger partial charge in [-0.05, 0) is 24.3 Å². The van der Waals surface area contributed by atoms with E-state index in [4.69, 9.17) is 4.74 Å². The fraction of sp³-hybridized carbons (Fsp3) is 0.333. The standard InChI is InChI=1S/C18H20N2O4S/c1-23-14-6-4-3-5-13(14)19-9-11-20(12-10-19)17(21)15-7-8-16(25-15)18(22)24-2/h3-8H,9-12H2,1-2H3. The van der Waals surface area contributed by atoms with Crippen molar-refractivity contribution in [3.63, 3.8) is 0 Å². The highest BCUT2D eigenvalue weighted by atomic mass is 32.1. The smallest absolute Gasteiger partial charge is 0.348 e. The highest BCUT2D eigenvalue weighted by Gasteiger charge is 2.25. The van der Waals surface area contributed by atoms with Gasteiger partial charge < -0.3 is 19.3 Å². The van der Waals surface area contributed by atoms with E-state index in [1.54, 1.807) is 19.2 Å². The van der Waals surface area contributed by atoms with Crippen LogP contribution in [0, 0.1) is 0 Å². The van der Waals surface area contributed by atoms with Crippen LogP contribution in [0.2, 0.25) is 0 Å². The molecule has 6 nitrogen and oxygen atoms in total. The third-order valence-corrected chi connectivity index (χ3v) is 5.25. The Balaban J connectivity index is 1.65. The van der Waals surface area contributed by atoms with Gasteiger partial charge in [0.2, 0.25) is 0 Å². The molecule has 1 aliphatic rings. The second-order valence-electron chi connectivity index (χ2n) is 5.61. The van der Waals surface area contributed by atoms with E-state index in [0.717, 1.165) is 24.5 Å². The van der Waals surface area contributed by atoms with Gasteiger partial charge in [0, 0.05) is 26.2 Å². The number of amides is 1. The van der Waals surface area contributed by atoms with Crippen molar-refractivity contribution in [1.82, 2.24) is 4.90 Å². The summed E-state index contributed by atoms with van der Waals surface area (Å²) in [4.78, 5) is 29.2.